The fourth-order valence-corrected chi connectivity index (χ4v) is 1.90. The lowest BCUT2D eigenvalue weighted by Crippen LogP contribution is -2.42. The van der Waals surface area contributed by atoms with Crippen molar-refractivity contribution in [2.75, 3.05) is 6.54 Å². The Morgan fingerprint density at radius 1 is 1.53 bits per heavy atom. The number of hydrogen-bond donors (Lipinski definition) is 1. The monoisotopic (exact) mass is 233 g/mol. The molecular formula is C13H19N3O. The van der Waals surface area contributed by atoms with E-state index >= 15 is 0 Å². The van der Waals surface area contributed by atoms with E-state index in [1.807, 2.05) is 30.9 Å². The van der Waals surface area contributed by atoms with E-state index < -0.39 is 0 Å². The number of hydrogen-bond acceptors (Lipinski definition) is 2. The number of carbonyl (C=O) groups excluding carboxylic acids is 1. The predicted molar refractivity (Wildman–Crippen MR) is 66.6 cm³/mol. The van der Waals surface area contributed by atoms with Crippen molar-refractivity contribution in [2.24, 2.45) is 0 Å². The summed E-state index contributed by atoms with van der Waals surface area (Å²) in [5.41, 5.74) is 1.12. The van der Waals surface area contributed by atoms with Crippen LogP contribution in [0.2, 0.25) is 0 Å². The second-order valence-corrected chi connectivity index (χ2v) is 4.47. The Labute approximate surface area is 102 Å². The van der Waals surface area contributed by atoms with E-state index in [9.17, 15) is 4.79 Å². The van der Waals surface area contributed by atoms with Crippen LogP contribution in [0.25, 0.3) is 0 Å². The van der Waals surface area contributed by atoms with Crippen molar-refractivity contribution in [1.29, 1.82) is 0 Å². The molecule has 2 rings (SSSR count). The lowest BCUT2D eigenvalue weighted by molar-refractivity contribution is 0.182. The molecule has 0 spiro atoms. The second kappa shape index (κ2) is 5.17. The molecule has 0 bridgehead atoms. The first kappa shape index (κ1) is 11.9. The van der Waals surface area contributed by atoms with E-state index in [4.69, 9.17) is 0 Å². The first-order valence-corrected chi connectivity index (χ1v) is 6.19. The van der Waals surface area contributed by atoms with Crippen molar-refractivity contribution in [3.05, 3.63) is 30.1 Å². The molecule has 1 heterocycles. The zero-order valence-electron chi connectivity index (χ0n) is 10.4. The molecule has 1 fully saturated rings. The third-order valence-corrected chi connectivity index (χ3v) is 3.16. The number of nitrogens with zero attached hydrogens (tertiary/aromatic N) is 2. The molecule has 0 aromatic carbocycles. The Balaban J connectivity index is 2.03. The SMILES string of the molecule is CCN(C(=O)NC1CC1)[C@@H](C)c1ccncc1. The highest BCUT2D eigenvalue weighted by Crippen LogP contribution is 2.22. The second-order valence-electron chi connectivity index (χ2n) is 4.47. The van der Waals surface area contributed by atoms with Crippen LogP contribution < -0.4 is 5.32 Å². The maximum atomic E-state index is 12.0. The van der Waals surface area contributed by atoms with Crippen LogP contribution in [0, 0.1) is 0 Å². The molecule has 0 unspecified atom stereocenters. The van der Waals surface area contributed by atoms with Gasteiger partial charge in [0.15, 0.2) is 0 Å². The van der Waals surface area contributed by atoms with Crippen molar-refractivity contribution < 1.29 is 4.79 Å². The molecule has 4 nitrogen and oxygen atoms in total. The minimum Gasteiger partial charge on any atom is -0.335 e. The Bertz CT molecular complexity index is 376. The summed E-state index contributed by atoms with van der Waals surface area (Å²) in [5.74, 6) is 0. The van der Waals surface area contributed by atoms with Crippen molar-refractivity contribution in [3.8, 4) is 0 Å². The van der Waals surface area contributed by atoms with Gasteiger partial charge in [0, 0.05) is 25.0 Å². The smallest absolute Gasteiger partial charge is 0.318 e. The summed E-state index contributed by atoms with van der Waals surface area (Å²) >= 11 is 0. The predicted octanol–water partition coefficient (Wildman–Crippen LogP) is 2.34. The van der Waals surface area contributed by atoms with Gasteiger partial charge in [0.05, 0.1) is 6.04 Å². The van der Waals surface area contributed by atoms with Crippen LogP contribution in [0.1, 0.15) is 38.3 Å². The number of nitrogens with one attached hydrogen (secondary N) is 1. The Hall–Kier alpha value is -1.58. The molecule has 0 saturated heterocycles. The molecule has 0 aliphatic heterocycles. The quantitative estimate of drug-likeness (QED) is 0.867. The molecule has 1 atom stereocenters. The van der Waals surface area contributed by atoms with E-state index in [-0.39, 0.29) is 12.1 Å². The third kappa shape index (κ3) is 2.96. The fraction of sp³-hybridized carbons (Fsp3) is 0.538. The van der Waals surface area contributed by atoms with Crippen LogP contribution in [0.4, 0.5) is 4.79 Å². The number of pyridine rings is 1. The summed E-state index contributed by atoms with van der Waals surface area (Å²) < 4.78 is 0. The van der Waals surface area contributed by atoms with Gasteiger partial charge in [0.2, 0.25) is 0 Å². The van der Waals surface area contributed by atoms with Gasteiger partial charge in [-0.3, -0.25) is 4.98 Å². The number of rotatable bonds is 4. The zero-order valence-corrected chi connectivity index (χ0v) is 10.4. The van der Waals surface area contributed by atoms with Crippen molar-refractivity contribution in [2.45, 2.75) is 38.8 Å². The molecule has 1 aliphatic rings. The van der Waals surface area contributed by atoms with Crippen LogP contribution in [0.3, 0.4) is 0 Å². The Kier molecular flexibility index (Phi) is 3.61. The van der Waals surface area contributed by atoms with E-state index in [0.29, 0.717) is 12.6 Å². The number of urea groups is 1. The maximum absolute atomic E-state index is 12.0. The van der Waals surface area contributed by atoms with Crippen LogP contribution in [-0.4, -0.2) is 28.5 Å². The van der Waals surface area contributed by atoms with Gasteiger partial charge in [0.1, 0.15) is 0 Å². The highest BCUT2D eigenvalue weighted by Gasteiger charge is 2.27. The van der Waals surface area contributed by atoms with Gasteiger partial charge < -0.3 is 10.2 Å². The van der Waals surface area contributed by atoms with Gasteiger partial charge in [-0.15, -0.1) is 0 Å². The number of amides is 2. The summed E-state index contributed by atoms with van der Waals surface area (Å²) in [5, 5.41) is 3.03. The molecule has 92 valence electrons. The Morgan fingerprint density at radius 2 is 2.18 bits per heavy atom. The fourth-order valence-electron chi connectivity index (χ4n) is 1.90. The molecule has 1 saturated carbocycles. The van der Waals surface area contributed by atoms with Crippen LogP contribution in [0.15, 0.2) is 24.5 Å². The molecule has 1 aromatic rings. The largest absolute Gasteiger partial charge is 0.335 e. The van der Waals surface area contributed by atoms with Gasteiger partial charge in [-0.05, 0) is 44.4 Å². The van der Waals surface area contributed by atoms with E-state index in [1.54, 1.807) is 12.4 Å². The molecule has 4 heteroatoms. The first-order valence-electron chi connectivity index (χ1n) is 6.19. The average molecular weight is 233 g/mol. The molecule has 1 N–H and O–H groups in total. The topological polar surface area (TPSA) is 45.2 Å². The van der Waals surface area contributed by atoms with E-state index in [2.05, 4.69) is 10.3 Å². The summed E-state index contributed by atoms with van der Waals surface area (Å²) in [7, 11) is 0. The van der Waals surface area contributed by atoms with Gasteiger partial charge in [-0.2, -0.15) is 0 Å². The van der Waals surface area contributed by atoms with Crippen molar-refractivity contribution in [3.63, 3.8) is 0 Å². The molecule has 0 radical (unpaired) electrons. The van der Waals surface area contributed by atoms with Gasteiger partial charge >= 0.3 is 6.03 Å². The van der Waals surface area contributed by atoms with Crippen LogP contribution >= 0.6 is 0 Å². The lowest BCUT2D eigenvalue weighted by atomic mass is 10.1. The number of carbonyl (C=O) groups is 1. The molecule has 1 aliphatic carbocycles. The minimum atomic E-state index is 0.0410. The molecular weight excluding hydrogens is 214 g/mol. The van der Waals surface area contributed by atoms with Crippen LogP contribution in [-0.2, 0) is 0 Å². The lowest BCUT2D eigenvalue weighted by Gasteiger charge is -2.28. The first-order chi connectivity index (χ1) is 8.22. The van der Waals surface area contributed by atoms with Crippen LogP contribution in [0.5, 0.6) is 0 Å². The zero-order chi connectivity index (χ0) is 12.3. The van der Waals surface area contributed by atoms with Gasteiger partial charge in [-0.1, -0.05) is 0 Å². The standard InChI is InChI=1S/C13H19N3O/c1-3-16(13(17)15-12-4-5-12)10(2)11-6-8-14-9-7-11/h6-10,12H,3-5H2,1-2H3,(H,15,17)/t10-/m0/s1. The molecule has 17 heavy (non-hydrogen) atoms. The average Bonchev–Trinajstić information content (AvgIpc) is 3.15. The highest BCUT2D eigenvalue weighted by atomic mass is 16.2. The minimum absolute atomic E-state index is 0.0410. The van der Waals surface area contributed by atoms with Crippen molar-refractivity contribution >= 4 is 6.03 Å². The highest BCUT2D eigenvalue weighted by molar-refractivity contribution is 5.75. The van der Waals surface area contributed by atoms with Crippen molar-refractivity contribution in [1.82, 2.24) is 15.2 Å². The summed E-state index contributed by atoms with van der Waals surface area (Å²) in [6, 6.07) is 4.44. The maximum Gasteiger partial charge on any atom is 0.318 e. The summed E-state index contributed by atoms with van der Waals surface area (Å²) in [6.07, 6.45) is 5.76. The molecule has 1 aromatic heterocycles. The third-order valence-electron chi connectivity index (χ3n) is 3.16. The van der Waals surface area contributed by atoms with Gasteiger partial charge in [0.25, 0.3) is 0 Å². The number of aromatic nitrogens is 1. The van der Waals surface area contributed by atoms with E-state index in [0.717, 1.165) is 18.4 Å². The van der Waals surface area contributed by atoms with Gasteiger partial charge in [-0.25, -0.2) is 4.79 Å². The Morgan fingerprint density at radius 3 is 2.71 bits per heavy atom. The normalized spacial score (nSPS) is 16.4. The summed E-state index contributed by atoms with van der Waals surface area (Å²) in [6.45, 7) is 4.76. The summed E-state index contributed by atoms with van der Waals surface area (Å²) in [4.78, 5) is 17.9. The van der Waals surface area contributed by atoms with E-state index in [1.165, 1.54) is 0 Å². The molecule has 2 amide bonds.